The molecule has 1 aromatic heterocycles. The second-order valence-corrected chi connectivity index (χ2v) is 20.3. The van der Waals surface area contributed by atoms with Crippen LogP contribution in [0, 0.1) is 0 Å². The minimum absolute atomic E-state index is 0.0944. The van der Waals surface area contributed by atoms with E-state index in [4.69, 9.17) is 18.3 Å². The molecular weight excluding hydrogens is 585 g/mol. The van der Waals surface area contributed by atoms with E-state index < -0.39 is 29.7 Å². The molecule has 0 aliphatic carbocycles. The fourth-order valence-corrected chi connectivity index (χ4v) is 8.94. The largest absolute Gasteiger partial charge is 0.464 e. The number of fused-ring (bicyclic) bond motifs is 1. The molecule has 0 radical (unpaired) electrons. The maximum atomic E-state index is 12.9. The molecule has 1 aromatic carbocycles. The van der Waals surface area contributed by atoms with Gasteiger partial charge in [0.1, 0.15) is 16.0 Å². The average Bonchev–Trinajstić information content (AvgIpc) is 3.23. The summed E-state index contributed by atoms with van der Waals surface area (Å²) >= 11 is 1.61. The summed E-state index contributed by atoms with van der Waals surface area (Å²) in [6.45, 7) is 14.7. The van der Waals surface area contributed by atoms with E-state index in [0.717, 1.165) is 33.5 Å². The molecule has 1 amide bonds. The molecule has 2 aromatic rings. The van der Waals surface area contributed by atoms with E-state index in [-0.39, 0.29) is 35.1 Å². The van der Waals surface area contributed by atoms with E-state index in [1.165, 1.54) is 33.4 Å². The number of para-hydroxylation sites is 1. The Bertz CT molecular complexity index is 1370. The lowest BCUT2D eigenvalue weighted by atomic mass is 10.1. The third-order valence-electron chi connectivity index (χ3n) is 6.43. The van der Waals surface area contributed by atoms with Crippen LogP contribution in [-0.4, -0.2) is 63.7 Å². The number of amides is 1. The highest BCUT2D eigenvalue weighted by Crippen LogP contribution is 2.45. The van der Waals surface area contributed by atoms with Crippen LogP contribution in [0.2, 0.25) is 18.1 Å². The summed E-state index contributed by atoms with van der Waals surface area (Å²) in [5, 5.41) is 0.583. The van der Waals surface area contributed by atoms with Gasteiger partial charge in [-0.3, -0.25) is 4.79 Å². The number of β-lactam (4-membered cyclic amide) rings is 1. The van der Waals surface area contributed by atoms with Crippen molar-refractivity contribution in [3.05, 3.63) is 34.7 Å². The Morgan fingerprint density at radius 3 is 2.50 bits per heavy atom. The number of methoxy groups -OCH3 is 1. The monoisotopic (exact) mass is 618 g/mol. The Hall–Kier alpha value is -1.58. The standard InChI is InChI=1S/C24H34N2O7S4Si/c1-14(32-37(7,29)30)20(23(28)31-6)26-13-18(22(26)27)36-35-17-12-10-11-16-19(17)25-21(34-16)15(2)33-38(8,9)24(3,4)5/h10-12,15,18H,13H2,1-9H3/t15-,18-/m1/s1. The summed E-state index contributed by atoms with van der Waals surface area (Å²) in [7, 11) is -1.86. The molecule has 9 nitrogen and oxygen atoms in total. The van der Waals surface area contributed by atoms with Crippen molar-refractivity contribution in [2.75, 3.05) is 19.9 Å². The van der Waals surface area contributed by atoms with E-state index in [1.807, 2.05) is 25.1 Å². The maximum Gasteiger partial charge on any atom is 0.358 e. The number of hydrogen-bond acceptors (Lipinski definition) is 11. The Balaban J connectivity index is 1.73. The number of nitrogens with zero attached hydrogens (tertiary/aromatic N) is 2. The van der Waals surface area contributed by atoms with Gasteiger partial charge in [0, 0.05) is 11.4 Å². The summed E-state index contributed by atoms with van der Waals surface area (Å²) in [6.07, 6.45) is 0.741. The van der Waals surface area contributed by atoms with Gasteiger partial charge in [0.2, 0.25) is 5.91 Å². The van der Waals surface area contributed by atoms with Crippen LogP contribution in [0.4, 0.5) is 0 Å². The maximum absolute atomic E-state index is 12.9. The zero-order valence-electron chi connectivity index (χ0n) is 23.0. The Kier molecular flexibility index (Phi) is 9.36. The van der Waals surface area contributed by atoms with Gasteiger partial charge in [-0.15, -0.1) is 11.3 Å². The third kappa shape index (κ3) is 6.94. The van der Waals surface area contributed by atoms with Crippen molar-refractivity contribution in [2.45, 2.75) is 69.0 Å². The molecule has 0 saturated carbocycles. The molecule has 1 fully saturated rings. The van der Waals surface area contributed by atoms with Crippen molar-refractivity contribution in [1.29, 1.82) is 0 Å². The number of ether oxygens (including phenoxy) is 1. The molecule has 38 heavy (non-hydrogen) atoms. The van der Waals surface area contributed by atoms with Gasteiger partial charge >= 0.3 is 16.1 Å². The molecule has 2 heterocycles. The van der Waals surface area contributed by atoms with Crippen molar-refractivity contribution < 1.29 is 31.4 Å². The lowest BCUT2D eigenvalue weighted by Gasteiger charge is -2.38. The second kappa shape index (κ2) is 11.5. The normalized spacial score (nSPS) is 18.2. The molecular formula is C24H34N2O7S4Si. The topological polar surface area (TPSA) is 112 Å². The molecule has 1 saturated heterocycles. The van der Waals surface area contributed by atoms with Crippen molar-refractivity contribution in [3.8, 4) is 0 Å². The lowest BCUT2D eigenvalue weighted by molar-refractivity contribution is -0.146. The summed E-state index contributed by atoms with van der Waals surface area (Å²) in [5.41, 5.74) is 0.651. The fourth-order valence-electron chi connectivity index (χ4n) is 3.44. The lowest BCUT2D eigenvalue weighted by Crippen LogP contribution is -2.55. The van der Waals surface area contributed by atoms with Crippen molar-refractivity contribution in [3.63, 3.8) is 0 Å². The van der Waals surface area contributed by atoms with Crippen molar-refractivity contribution in [2.24, 2.45) is 0 Å². The van der Waals surface area contributed by atoms with Gasteiger partial charge < -0.3 is 18.2 Å². The number of aromatic nitrogens is 1. The highest BCUT2D eigenvalue weighted by Gasteiger charge is 2.44. The van der Waals surface area contributed by atoms with Crippen LogP contribution in [-0.2, 0) is 33.1 Å². The van der Waals surface area contributed by atoms with Gasteiger partial charge in [0.05, 0.1) is 29.7 Å². The van der Waals surface area contributed by atoms with Crippen LogP contribution in [0.15, 0.2) is 34.6 Å². The smallest absolute Gasteiger partial charge is 0.358 e. The molecule has 3 rings (SSSR count). The van der Waals surface area contributed by atoms with Gasteiger partial charge in [-0.25, -0.2) is 9.78 Å². The summed E-state index contributed by atoms with van der Waals surface area (Å²) < 4.78 is 40.2. The van der Waals surface area contributed by atoms with E-state index in [9.17, 15) is 18.0 Å². The first-order valence-corrected chi connectivity index (χ1v) is 19.6. The van der Waals surface area contributed by atoms with E-state index in [0.29, 0.717) is 0 Å². The predicted molar refractivity (Wildman–Crippen MR) is 156 cm³/mol. The zero-order chi connectivity index (χ0) is 28.6. The number of thiazole rings is 1. The molecule has 0 bridgehead atoms. The Labute approximate surface area is 237 Å². The summed E-state index contributed by atoms with van der Waals surface area (Å²) in [4.78, 5) is 32.2. The summed E-state index contributed by atoms with van der Waals surface area (Å²) in [5.74, 6) is -1.39. The number of esters is 1. The summed E-state index contributed by atoms with van der Waals surface area (Å²) in [6, 6.07) is 5.96. The third-order valence-corrected chi connectivity index (χ3v) is 15.4. The Morgan fingerprint density at radius 1 is 1.29 bits per heavy atom. The highest BCUT2D eigenvalue weighted by molar-refractivity contribution is 8.77. The first-order chi connectivity index (χ1) is 17.4. The van der Waals surface area contributed by atoms with E-state index >= 15 is 0 Å². The Morgan fingerprint density at radius 2 is 1.95 bits per heavy atom. The fraction of sp³-hybridized carbons (Fsp3) is 0.542. The van der Waals surface area contributed by atoms with Gasteiger partial charge in [0.15, 0.2) is 14.0 Å². The number of allylic oxidation sites excluding steroid dienone is 1. The molecule has 0 spiro atoms. The number of rotatable bonds is 10. The molecule has 14 heteroatoms. The van der Waals surface area contributed by atoms with Gasteiger partial charge in [-0.1, -0.05) is 48.4 Å². The molecule has 210 valence electrons. The SMILES string of the molecule is COC(=O)C(=C(C)OS(C)(=O)=O)N1C[C@@H](SSc2cccc3sc([C@@H](C)O[Si](C)(C)C(C)(C)C)nc23)C1=O. The van der Waals surface area contributed by atoms with Gasteiger partial charge in [-0.05, 0) is 44.1 Å². The van der Waals surface area contributed by atoms with Crippen LogP contribution in [0.25, 0.3) is 10.2 Å². The van der Waals surface area contributed by atoms with Crippen molar-refractivity contribution >= 4 is 73.5 Å². The number of benzene rings is 1. The minimum atomic E-state index is -3.87. The van der Waals surface area contributed by atoms with Crippen LogP contribution in [0.5, 0.6) is 0 Å². The van der Waals surface area contributed by atoms with Gasteiger partial charge in [-0.2, -0.15) is 8.42 Å². The molecule has 0 unspecified atom stereocenters. The molecule has 1 aliphatic rings. The number of carbonyl (C=O) groups is 2. The second-order valence-electron chi connectivity index (χ2n) is 10.5. The zero-order valence-corrected chi connectivity index (χ0v) is 27.2. The number of carbonyl (C=O) groups excluding carboxylic acids is 2. The van der Waals surface area contributed by atoms with Gasteiger partial charge in [0.25, 0.3) is 0 Å². The minimum Gasteiger partial charge on any atom is -0.464 e. The first-order valence-electron chi connectivity index (χ1n) is 11.9. The molecule has 0 N–H and O–H groups in total. The van der Waals surface area contributed by atoms with Crippen molar-refractivity contribution in [1.82, 2.24) is 9.88 Å². The predicted octanol–water partition coefficient (Wildman–Crippen LogP) is 5.71. The van der Waals surface area contributed by atoms with Crippen LogP contribution in [0.3, 0.4) is 0 Å². The average molecular weight is 619 g/mol. The first kappa shape index (κ1) is 31.0. The number of likely N-dealkylation sites (tertiary alicyclic amines) is 1. The van der Waals surface area contributed by atoms with Crippen LogP contribution < -0.4 is 0 Å². The molecule has 2 atom stereocenters. The van der Waals surface area contributed by atoms with Crippen LogP contribution >= 0.6 is 32.9 Å². The highest BCUT2D eigenvalue weighted by atomic mass is 33.1. The van der Waals surface area contributed by atoms with Crippen LogP contribution in [0.1, 0.15) is 45.7 Å². The quantitative estimate of drug-likeness (QED) is 0.0624. The molecule has 1 aliphatic heterocycles. The van der Waals surface area contributed by atoms with E-state index in [1.54, 1.807) is 11.3 Å². The van der Waals surface area contributed by atoms with E-state index in [2.05, 4.69) is 33.9 Å². The number of hydrogen-bond donors (Lipinski definition) is 0.